The van der Waals surface area contributed by atoms with Crippen LogP contribution in [-0.4, -0.2) is 41.8 Å². The molecule has 3 N–H and O–H groups in total. The van der Waals surface area contributed by atoms with Gasteiger partial charge in [0.15, 0.2) is 0 Å². The fourth-order valence-electron chi connectivity index (χ4n) is 5.13. The van der Waals surface area contributed by atoms with E-state index in [1.165, 1.54) is 0 Å². The molecule has 0 amide bonds. The van der Waals surface area contributed by atoms with Crippen LogP contribution in [0.25, 0.3) is 21.8 Å². The molecule has 0 bridgehead atoms. The van der Waals surface area contributed by atoms with Gasteiger partial charge in [0.05, 0.1) is 36.5 Å². The summed E-state index contributed by atoms with van der Waals surface area (Å²) < 4.78 is 10.2. The van der Waals surface area contributed by atoms with Gasteiger partial charge in [-0.25, -0.2) is 4.98 Å². The van der Waals surface area contributed by atoms with Gasteiger partial charge in [0.1, 0.15) is 0 Å². The summed E-state index contributed by atoms with van der Waals surface area (Å²) >= 11 is 0. The number of aliphatic hydroxyl groups is 1. The van der Waals surface area contributed by atoms with Gasteiger partial charge in [0, 0.05) is 41.5 Å². The van der Waals surface area contributed by atoms with E-state index in [1.807, 2.05) is 62.4 Å². The summed E-state index contributed by atoms with van der Waals surface area (Å²) in [5, 5.41) is 19.5. The Bertz CT molecular complexity index is 1450. The fourth-order valence-corrected chi connectivity index (χ4v) is 5.13. The molecule has 1 aromatic heterocycles. The minimum absolute atomic E-state index is 0.104. The average Bonchev–Trinajstić information content (AvgIpc) is 2.99. The summed E-state index contributed by atoms with van der Waals surface area (Å²) in [5.74, 6) is -0.355. The third-order valence-corrected chi connectivity index (χ3v) is 7.13. The van der Waals surface area contributed by atoms with Crippen molar-refractivity contribution in [2.24, 2.45) is 0 Å². The van der Waals surface area contributed by atoms with Gasteiger partial charge < -0.3 is 25.2 Å². The molecule has 0 aliphatic carbocycles. The number of anilines is 3. The lowest BCUT2D eigenvalue weighted by atomic mass is 9.99. The molecule has 3 aromatic carbocycles. The van der Waals surface area contributed by atoms with Crippen LogP contribution in [0.3, 0.4) is 0 Å². The largest absolute Gasteiger partial charge is 0.466 e. The Hall–Kier alpha value is -4.17. The molecular weight excluding hydrogens is 530 g/mol. The predicted octanol–water partition coefficient (Wildman–Crippen LogP) is 7.05. The molecule has 0 saturated heterocycles. The van der Waals surface area contributed by atoms with Gasteiger partial charge >= 0.3 is 11.9 Å². The maximum Gasteiger partial charge on any atom is 0.305 e. The number of nitrogens with zero attached hydrogens (tertiary/aromatic N) is 1. The second kappa shape index (κ2) is 15.7. The molecule has 4 rings (SSSR count). The van der Waals surface area contributed by atoms with E-state index in [1.54, 1.807) is 0 Å². The van der Waals surface area contributed by atoms with Crippen LogP contribution in [0.4, 0.5) is 17.1 Å². The van der Waals surface area contributed by atoms with Gasteiger partial charge in [-0.05, 0) is 81.3 Å². The number of hydrogen-bond acceptors (Lipinski definition) is 8. The summed E-state index contributed by atoms with van der Waals surface area (Å²) in [6.45, 7) is 4.97. The van der Waals surface area contributed by atoms with Crippen LogP contribution in [-0.2, 0) is 32.1 Å². The third-order valence-electron chi connectivity index (χ3n) is 7.13. The van der Waals surface area contributed by atoms with E-state index in [0.29, 0.717) is 39.0 Å². The van der Waals surface area contributed by atoms with Crippen LogP contribution < -0.4 is 10.6 Å². The van der Waals surface area contributed by atoms with Crippen molar-refractivity contribution in [2.75, 3.05) is 30.4 Å². The quantitative estimate of drug-likeness (QED) is 0.0746. The highest BCUT2D eigenvalue weighted by molar-refractivity contribution is 6.08. The Morgan fingerprint density at radius 2 is 1.36 bits per heavy atom. The van der Waals surface area contributed by atoms with E-state index >= 15 is 0 Å². The van der Waals surface area contributed by atoms with E-state index in [0.717, 1.165) is 75.7 Å². The molecule has 0 spiro atoms. The number of esters is 2. The number of aromatic nitrogens is 1. The van der Waals surface area contributed by atoms with Gasteiger partial charge in [-0.3, -0.25) is 9.59 Å². The zero-order valence-electron chi connectivity index (χ0n) is 24.6. The Morgan fingerprint density at radius 1 is 0.786 bits per heavy atom. The van der Waals surface area contributed by atoms with Crippen molar-refractivity contribution >= 4 is 50.8 Å². The van der Waals surface area contributed by atoms with Crippen molar-refractivity contribution in [1.82, 2.24) is 4.98 Å². The molecular formula is C34H41N3O5. The standard InChI is InChI=1S/C34H41N3O5/c1-3-41-32(39)18-10-7-13-25-30(35-20-12-11-19-33(40)42-4-2)21-24(23-38)22-31(25)37-34-26-14-5-8-16-28(26)36-29-17-9-6-15-27(29)34/h5-6,8-9,14-17,21-22,35,38H,3-4,7,10-13,18-20,23H2,1-2H3,(H,36,37). The van der Waals surface area contributed by atoms with E-state index in [-0.39, 0.29) is 18.5 Å². The van der Waals surface area contributed by atoms with Crippen molar-refractivity contribution in [2.45, 2.75) is 65.4 Å². The topological polar surface area (TPSA) is 110 Å². The minimum atomic E-state index is -0.179. The summed E-state index contributed by atoms with van der Waals surface area (Å²) in [4.78, 5) is 28.5. The van der Waals surface area contributed by atoms with E-state index in [4.69, 9.17) is 14.5 Å². The SMILES string of the molecule is CCOC(=O)CCCCNc1cc(CO)cc(Nc2c3ccccc3nc3ccccc23)c1CCCCC(=O)OCC. The molecule has 1 heterocycles. The van der Waals surface area contributed by atoms with E-state index in [2.05, 4.69) is 22.8 Å². The summed E-state index contributed by atoms with van der Waals surface area (Å²) in [7, 11) is 0. The van der Waals surface area contributed by atoms with Crippen LogP contribution in [0.15, 0.2) is 60.7 Å². The molecule has 0 aliphatic rings. The lowest BCUT2D eigenvalue weighted by molar-refractivity contribution is -0.144. The zero-order chi connectivity index (χ0) is 29.7. The highest BCUT2D eigenvalue weighted by Crippen LogP contribution is 2.37. The number of carbonyl (C=O) groups excluding carboxylic acids is 2. The van der Waals surface area contributed by atoms with E-state index in [9.17, 15) is 14.7 Å². The Labute approximate surface area is 247 Å². The maximum atomic E-state index is 11.9. The van der Waals surface area contributed by atoms with Gasteiger partial charge in [0.2, 0.25) is 0 Å². The van der Waals surface area contributed by atoms with Gasteiger partial charge in [-0.15, -0.1) is 0 Å². The Morgan fingerprint density at radius 3 is 1.95 bits per heavy atom. The smallest absolute Gasteiger partial charge is 0.305 e. The third kappa shape index (κ3) is 8.19. The molecule has 0 aliphatic heterocycles. The minimum Gasteiger partial charge on any atom is -0.466 e. The van der Waals surface area contributed by atoms with E-state index < -0.39 is 0 Å². The van der Waals surface area contributed by atoms with Crippen molar-refractivity contribution < 1.29 is 24.2 Å². The molecule has 0 saturated carbocycles. The number of ether oxygens (including phenoxy) is 2. The molecule has 0 atom stereocenters. The summed E-state index contributed by atoms with van der Waals surface area (Å²) in [5.41, 5.74) is 6.43. The molecule has 8 heteroatoms. The van der Waals surface area contributed by atoms with Crippen molar-refractivity contribution in [3.8, 4) is 0 Å². The highest BCUT2D eigenvalue weighted by atomic mass is 16.5. The highest BCUT2D eigenvalue weighted by Gasteiger charge is 2.16. The van der Waals surface area contributed by atoms with Gasteiger partial charge in [-0.2, -0.15) is 0 Å². The number of carbonyl (C=O) groups is 2. The van der Waals surface area contributed by atoms with Crippen molar-refractivity contribution in [3.05, 3.63) is 71.8 Å². The zero-order valence-corrected chi connectivity index (χ0v) is 24.6. The molecule has 0 unspecified atom stereocenters. The van der Waals surface area contributed by atoms with Gasteiger partial charge in [0.25, 0.3) is 0 Å². The van der Waals surface area contributed by atoms with Crippen LogP contribution in [0.1, 0.15) is 63.5 Å². The lowest BCUT2D eigenvalue weighted by Crippen LogP contribution is -2.10. The number of benzene rings is 3. The van der Waals surface area contributed by atoms with Crippen LogP contribution in [0.2, 0.25) is 0 Å². The Kier molecular flexibility index (Phi) is 11.5. The summed E-state index contributed by atoms with van der Waals surface area (Å²) in [6.07, 6.45) is 4.51. The van der Waals surface area contributed by atoms with Crippen molar-refractivity contribution in [3.63, 3.8) is 0 Å². The monoisotopic (exact) mass is 571 g/mol. The molecule has 42 heavy (non-hydrogen) atoms. The lowest BCUT2D eigenvalue weighted by Gasteiger charge is -2.21. The number of rotatable bonds is 16. The van der Waals surface area contributed by atoms with Crippen LogP contribution in [0.5, 0.6) is 0 Å². The number of hydrogen-bond donors (Lipinski definition) is 3. The van der Waals surface area contributed by atoms with Crippen LogP contribution >= 0.6 is 0 Å². The number of fused-ring (bicyclic) bond motifs is 2. The van der Waals surface area contributed by atoms with Crippen molar-refractivity contribution in [1.29, 1.82) is 0 Å². The molecule has 4 aromatic rings. The van der Waals surface area contributed by atoms with Gasteiger partial charge in [-0.1, -0.05) is 36.4 Å². The number of unbranched alkanes of at least 4 members (excludes halogenated alkanes) is 2. The maximum absolute atomic E-state index is 11.9. The molecule has 8 nitrogen and oxygen atoms in total. The second-order valence-corrected chi connectivity index (χ2v) is 10.2. The van der Waals surface area contributed by atoms with Crippen LogP contribution in [0, 0.1) is 0 Å². The first-order chi connectivity index (χ1) is 20.5. The number of aliphatic hydroxyl groups excluding tert-OH is 1. The first-order valence-electron chi connectivity index (χ1n) is 14.9. The number of nitrogens with one attached hydrogen (secondary N) is 2. The number of para-hydroxylation sites is 2. The summed E-state index contributed by atoms with van der Waals surface area (Å²) in [6, 6.07) is 20.1. The second-order valence-electron chi connectivity index (χ2n) is 10.2. The first-order valence-corrected chi connectivity index (χ1v) is 14.9. The predicted molar refractivity (Wildman–Crippen MR) is 168 cm³/mol. The fraction of sp³-hybridized carbons (Fsp3) is 0.382. The Balaban J connectivity index is 1.65. The number of pyridine rings is 1. The average molecular weight is 572 g/mol. The first kappa shape index (κ1) is 30.8. The molecule has 0 radical (unpaired) electrons. The molecule has 0 fully saturated rings. The normalized spacial score (nSPS) is 11.0. The molecule has 222 valence electrons.